The minimum Gasteiger partial charge on any atom is -1.00 e. The molecule has 0 N–H and O–H groups in total. The molecule has 176 valence electrons. The van der Waals surface area contributed by atoms with Crippen molar-refractivity contribution in [2.24, 2.45) is 0 Å². The lowest BCUT2D eigenvalue weighted by Crippen LogP contribution is -3.00. The Morgan fingerprint density at radius 3 is 1.48 bits per heavy atom. The molecule has 0 unspecified atom stereocenters. The molecule has 0 aromatic rings. The van der Waals surface area contributed by atoms with E-state index in [2.05, 4.69) is 28.1 Å². The van der Waals surface area contributed by atoms with Gasteiger partial charge in [-0.25, -0.2) is 4.79 Å². The SMILES string of the molecule is CCCCCCCCCCCCCCCCCC(=O)OOCCC[N+](C)(C)C.[Cl-]. The Kier molecular flexibility index (Phi) is 23.8. The highest BCUT2D eigenvalue weighted by Gasteiger charge is 2.07. The summed E-state index contributed by atoms with van der Waals surface area (Å²) in [6.45, 7) is 3.77. The van der Waals surface area contributed by atoms with Crippen molar-refractivity contribution in [2.45, 2.75) is 116 Å². The Bertz CT molecular complexity index is 346. The zero-order valence-electron chi connectivity index (χ0n) is 20.0. The predicted molar refractivity (Wildman–Crippen MR) is 119 cm³/mol. The minimum atomic E-state index is -0.222. The standard InChI is InChI=1S/C24H50NO3.ClH/c1-5-6-7-8-9-10-11-12-13-14-15-16-17-18-19-21-24(26)28-27-23-20-22-25(2,3)4;/h5-23H2,1-4H3;1H/q+1;/p-1. The number of carbonyl (C=O) groups excluding carboxylic acids is 1. The molecule has 0 amide bonds. The predicted octanol–water partition coefficient (Wildman–Crippen LogP) is 3.82. The fourth-order valence-corrected chi connectivity index (χ4v) is 3.39. The van der Waals surface area contributed by atoms with Crippen molar-refractivity contribution in [2.75, 3.05) is 34.3 Å². The van der Waals surface area contributed by atoms with Crippen LogP contribution in [-0.4, -0.2) is 44.7 Å². The van der Waals surface area contributed by atoms with E-state index in [1.807, 2.05) is 0 Å². The van der Waals surface area contributed by atoms with Crippen LogP contribution in [-0.2, 0) is 14.6 Å². The molecular formula is C24H50ClNO3. The number of hydrogen-bond acceptors (Lipinski definition) is 3. The first-order chi connectivity index (χ1) is 13.5. The third-order valence-corrected chi connectivity index (χ3v) is 5.19. The molecule has 0 aliphatic rings. The van der Waals surface area contributed by atoms with Crippen molar-refractivity contribution in [3.05, 3.63) is 0 Å². The number of rotatable bonds is 21. The van der Waals surface area contributed by atoms with Gasteiger partial charge in [-0.15, -0.1) is 0 Å². The maximum absolute atomic E-state index is 11.6. The zero-order valence-corrected chi connectivity index (χ0v) is 20.7. The number of halogens is 1. The van der Waals surface area contributed by atoms with Crippen molar-refractivity contribution < 1.29 is 31.5 Å². The lowest BCUT2D eigenvalue weighted by molar-refractivity contribution is -0.870. The summed E-state index contributed by atoms with van der Waals surface area (Å²) in [5.41, 5.74) is 0. The molecule has 0 aromatic carbocycles. The normalized spacial score (nSPS) is 11.3. The smallest absolute Gasteiger partial charge is 0.342 e. The van der Waals surface area contributed by atoms with E-state index in [0.717, 1.165) is 30.3 Å². The summed E-state index contributed by atoms with van der Waals surface area (Å²) in [6, 6.07) is 0. The molecule has 0 saturated carbocycles. The second-order valence-electron chi connectivity index (χ2n) is 9.34. The van der Waals surface area contributed by atoms with Gasteiger partial charge in [-0.05, 0) is 6.42 Å². The van der Waals surface area contributed by atoms with Crippen LogP contribution < -0.4 is 12.4 Å². The monoisotopic (exact) mass is 435 g/mol. The second kappa shape index (κ2) is 22.4. The van der Waals surface area contributed by atoms with Crippen molar-refractivity contribution in [1.29, 1.82) is 0 Å². The molecule has 0 aliphatic carbocycles. The second-order valence-corrected chi connectivity index (χ2v) is 9.34. The highest BCUT2D eigenvalue weighted by Crippen LogP contribution is 2.13. The molecule has 0 rings (SSSR count). The molecule has 0 spiro atoms. The molecule has 29 heavy (non-hydrogen) atoms. The van der Waals surface area contributed by atoms with E-state index in [4.69, 9.17) is 9.78 Å². The maximum atomic E-state index is 11.6. The first-order valence-electron chi connectivity index (χ1n) is 12.1. The van der Waals surface area contributed by atoms with Gasteiger partial charge in [0.2, 0.25) is 0 Å². The molecule has 0 radical (unpaired) electrons. The van der Waals surface area contributed by atoms with Gasteiger partial charge in [0, 0.05) is 12.8 Å². The minimum absolute atomic E-state index is 0. The summed E-state index contributed by atoms with van der Waals surface area (Å²) in [4.78, 5) is 21.4. The summed E-state index contributed by atoms with van der Waals surface area (Å²) in [7, 11) is 6.42. The Hall–Kier alpha value is -0.320. The zero-order chi connectivity index (χ0) is 20.9. The van der Waals surface area contributed by atoms with Crippen LogP contribution in [0.3, 0.4) is 0 Å². The van der Waals surface area contributed by atoms with Crippen molar-refractivity contribution in [1.82, 2.24) is 0 Å². The van der Waals surface area contributed by atoms with E-state index in [9.17, 15) is 4.79 Å². The van der Waals surface area contributed by atoms with Crippen molar-refractivity contribution >= 4 is 5.97 Å². The van der Waals surface area contributed by atoms with E-state index < -0.39 is 0 Å². The van der Waals surface area contributed by atoms with Crippen LogP contribution in [0.1, 0.15) is 116 Å². The average Bonchev–Trinajstić information content (AvgIpc) is 2.63. The van der Waals surface area contributed by atoms with E-state index in [1.165, 1.54) is 83.5 Å². The topological polar surface area (TPSA) is 35.5 Å². The summed E-state index contributed by atoms with van der Waals surface area (Å²) in [6.07, 6.45) is 21.4. The Morgan fingerprint density at radius 2 is 1.07 bits per heavy atom. The Morgan fingerprint density at radius 1 is 0.655 bits per heavy atom. The quantitative estimate of drug-likeness (QED) is 0.119. The molecule has 0 aliphatic heterocycles. The summed E-state index contributed by atoms with van der Waals surface area (Å²) < 4.78 is 0.899. The average molecular weight is 436 g/mol. The molecular weight excluding hydrogens is 386 g/mol. The van der Waals surface area contributed by atoms with Gasteiger partial charge in [-0.1, -0.05) is 96.8 Å². The van der Waals surface area contributed by atoms with Crippen LogP contribution in [0.15, 0.2) is 0 Å². The van der Waals surface area contributed by atoms with Crippen LogP contribution in [0.5, 0.6) is 0 Å². The summed E-state index contributed by atoms with van der Waals surface area (Å²) in [5.74, 6) is -0.222. The molecule has 0 bridgehead atoms. The molecule has 4 nitrogen and oxygen atoms in total. The maximum Gasteiger partial charge on any atom is 0.342 e. The molecule has 0 saturated heterocycles. The molecule has 0 atom stereocenters. The van der Waals surface area contributed by atoms with Gasteiger partial charge in [-0.2, -0.15) is 4.89 Å². The van der Waals surface area contributed by atoms with E-state index in [1.54, 1.807) is 0 Å². The van der Waals surface area contributed by atoms with Crippen LogP contribution >= 0.6 is 0 Å². The molecule has 0 fully saturated rings. The summed E-state index contributed by atoms with van der Waals surface area (Å²) >= 11 is 0. The van der Waals surface area contributed by atoms with E-state index in [-0.39, 0.29) is 18.4 Å². The summed E-state index contributed by atoms with van der Waals surface area (Å²) in [5, 5.41) is 0. The number of hydrogen-bond donors (Lipinski definition) is 0. The third kappa shape index (κ3) is 27.7. The highest BCUT2D eigenvalue weighted by atomic mass is 35.5. The third-order valence-electron chi connectivity index (χ3n) is 5.19. The fourth-order valence-electron chi connectivity index (χ4n) is 3.39. The fraction of sp³-hybridized carbons (Fsp3) is 0.958. The van der Waals surface area contributed by atoms with Crippen LogP contribution in [0, 0.1) is 0 Å². The number of carbonyl (C=O) groups is 1. The van der Waals surface area contributed by atoms with Gasteiger partial charge < -0.3 is 16.9 Å². The van der Waals surface area contributed by atoms with Gasteiger partial charge >= 0.3 is 5.97 Å². The van der Waals surface area contributed by atoms with Gasteiger partial charge in [0.25, 0.3) is 0 Å². The molecule has 0 heterocycles. The Balaban J connectivity index is 0. The van der Waals surface area contributed by atoms with Crippen LogP contribution in [0.2, 0.25) is 0 Å². The lowest BCUT2D eigenvalue weighted by Gasteiger charge is -2.23. The van der Waals surface area contributed by atoms with Gasteiger partial charge in [0.05, 0.1) is 34.3 Å². The molecule has 5 heteroatoms. The van der Waals surface area contributed by atoms with Crippen molar-refractivity contribution in [3.8, 4) is 0 Å². The van der Waals surface area contributed by atoms with Gasteiger partial charge in [-0.3, -0.25) is 4.89 Å². The lowest BCUT2D eigenvalue weighted by atomic mass is 10.0. The molecule has 0 aromatic heterocycles. The number of quaternary nitrogens is 1. The first kappa shape index (κ1) is 30.9. The largest absolute Gasteiger partial charge is 1.00 e. The van der Waals surface area contributed by atoms with Crippen LogP contribution in [0.4, 0.5) is 0 Å². The van der Waals surface area contributed by atoms with E-state index in [0.29, 0.717) is 13.0 Å². The van der Waals surface area contributed by atoms with Gasteiger partial charge in [0.1, 0.15) is 0 Å². The van der Waals surface area contributed by atoms with Gasteiger partial charge in [0.15, 0.2) is 0 Å². The highest BCUT2D eigenvalue weighted by molar-refractivity contribution is 5.68. The first-order valence-corrected chi connectivity index (χ1v) is 12.1. The number of nitrogens with zero attached hydrogens (tertiary/aromatic N) is 1. The van der Waals surface area contributed by atoms with Crippen molar-refractivity contribution in [3.63, 3.8) is 0 Å². The Labute approximate surface area is 188 Å². The van der Waals surface area contributed by atoms with Crippen LogP contribution in [0.25, 0.3) is 0 Å². The van der Waals surface area contributed by atoms with E-state index >= 15 is 0 Å². The number of unbranched alkanes of at least 4 members (excludes halogenated alkanes) is 14.